The normalized spacial score (nSPS) is 27.3. The number of nitrogens with zero attached hydrogens (tertiary/aromatic N) is 2. The van der Waals surface area contributed by atoms with Crippen molar-refractivity contribution in [3.8, 4) is 16.9 Å². The van der Waals surface area contributed by atoms with Crippen LogP contribution in [0.4, 0.5) is 4.39 Å². The van der Waals surface area contributed by atoms with Gasteiger partial charge >= 0.3 is 0 Å². The molecule has 0 saturated heterocycles. The van der Waals surface area contributed by atoms with Gasteiger partial charge in [-0.15, -0.1) is 23.2 Å². The maximum atomic E-state index is 17.2. The summed E-state index contributed by atoms with van der Waals surface area (Å²) < 4.78 is 42.2. The van der Waals surface area contributed by atoms with Crippen molar-refractivity contribution in [2.24, 2.45) is 17.0 Å². The zero-order chi connectivity index (χ0) is 25.8. The molecule has 3 aromatic rings. The summed E-state index contributed by atoms with van der Waals surface area (Å²) in [6, 6.07) is 14.7. The van der Waals surface area contributed by atoms with Crippen molar-refractivity contribution < 1.29 is 12.8 Å². The first-order valence-electron chi connectivity index (χ1n) is 11.3. The molecular formula is C25H27Cl3FN3O2S. The number of primary sulfonamides is 1. The molecule has 5 nitrogen and oxygen atoms in total. The number of nitrogens with two attached hydrogens (primary N) is 1. The van der Waals surface area contributed by atoms with Crippen molar-refractivity contribution >= 4 is 44.8 Å². The molecular weight excluding hydrogens is 532 g/mol. The van der Waals surface area contributed by atoms with Gasteiger partial charge < -0.3 is 0 Å². The predicted molar refractivity (Wildman–Crippen MR) is 140 cm³/mol. The second-order valence-electron chi connectivity index (χ2n) is 9.61. The molecule has 0 spiro atoms. The number of halogens is 4. The predicted octanol–water partition coefficient (Wildman–Crippen LogP) is 6.68. The molecule has 0 aliphatic heterocycles. The first kappa shape index (κ1) is 26.4. The average Bonchev–Trinajstić information content (AvgIpc) is 3.23. The Morgan fingerprint density at radius 3 is 2.29 bits per heavy atom. The zero-order valence-corrected chi connectivity index (χ0v) is 22.6. The molecule has 1 aromatic heterocycles. The summed E-state index contributed by atoms with van der Waals surface area (Å²) in [6.07, 6.45) is 0.786. The van der Waals surface area contributed by atoms with E-state index in [0.29, 0.717) is 22.8 Å². The van der Waals surface area contributed by atoms with Gasteiger partial charge in [0.25, 0.3) is 0 Å². The summed E-state index contributed by atoms with van der Waals surface area (Å²) >= 11 is 19.9. The molecule has 4 rings (SSSR count). The third kappa shape index (κ3) is 4.62. The second-order valence-corrected chi connectivity index (χ2v) is 12.8. The van der Waals surface area contributed by atoms with E-state index in [4.69, 9.17) is 45.0 Å². The van der Waals surface area contributed by atoms with Crippen LogP contribution in [-0.2, 0) is 15.7 Å². The van der Waals surface area contributed by atoms with E-state index in [1.54, 1.807) is 35.0 Å². The molecule has 1 saturated carbocycles. The topological polar surface area (TPSA) is 78.0 Å². The van der Waals surface area contributed by atoms with E-state index in [0.717, 1.165) is 5.56 Å². The Labute approximate surface area is 220 Å². The van der Waals surface area contributed by atoms with Gasteiger partial charge in [-0.05, 0) is 67.1 Å². The van der Waals surface area contributed by atoms with Gasteiger partial charge in [-0.1, -0.05) is 44.5 Å². The molecule has 35 heavy (non-hydrogen) atoms. The van der Waals surface area contributed by atoms with E-state index in [1.807, 2.05) is 32.9 Å². The third-order valence-electron chi connectivity index (χ3n) is 6.81. The largest absolute Gasteiger partial charge is 0.238 e. The van der Waals surface area contributed by atoms with Gasteiger partial charge in [-0.3, -0.25) is 0 Å². The fourth-order valence-electron chi connectivity index (χ4n) is 4.99. The van der Waals surface area contributed by atoms with Crippen LogP contribution in [0.1, 0.15) is 39.3 Å². The van der Waals surface area contributed by atoms with E-state index in [9.17, 15) is 8.42 Å². The fraction of sp³-hybridized carbons (Fsp3) is 0.400. The number of benzene rings is 2. The van der Waals surface area contributed by atoms with Crippen molar-refractivity contribution in [3.05, 3.63) is 65.3 Å². The second kappa shape index (κ2) is 9.34. The lowest BCUT2D eigenvalue weighted by Gasteiger charge is -2.51. The molecule has 10 heteroatoms. The highest BCUT2D eigenvalue weighted by Crippen LogP contribution is 2.58. The molecule has 0 bridgehead atoms. The molecule has 2 N–H and O–H groups in total. The quantitative estimate of drug-likeness (QED) is 0.355. The number of aromatic nitrogens is 2. The maximum Gasteiger partial charge on any atom is 0.238 e. The summed E-state index contributed by atoms with van der Waals surface area (Å²) in [4.78, 5) is -1.40. The van der Waals surface area contributed by atoms with Crippen LogP contribution < -0.4 is 5.14 Å². The van der Waals surface area contributed by atoms with Crippen LogP contribution in [0.2, 0.25) is 5.02 Å². The Morgan fingerprint density at radius 2 is 1.74 bits per heavy atom. The van der Waals surface area contributed by atoms with Crippen LogP contribution >= 0.6 is 34.8 Å². The summed E-state index contributed by atoms with van der Waals surface area (Å²) in [6.45, 7) is 5.70. The molecule has 1 aliphatic carbocycles. The van der Waals surface area contributed by atoms with Crippen LogP contribution in [0.25, 0.3) is 16.9 Å². The number of hydrogen-bond acceptors (Lipinski definition) is 3. The Balaban J connectivity index is 1.93. The Morgan fingerprint density at radius 1 is 1.14 bits per heavy atom. The summed E-state index contributed by atoms with van der Waals surface area (Å²) in [5, 5.41) is 9.92. The lowest BCUT2D eigenvalue weighted by Crippen LogP contribution is -2.58. The lowest BCUT2D eigenvalue weighted by molar-refractivity contribution is 0.00701. The van der Waals surface area contributed by atoms with Crippen LogP contribution in [0.5, 0.6) is 0 Å². The third-order valence-corrected chi connectivity index (χ3v) is 9.62. The molecule has 4 unspecified atom stereocenters. The molecule has 0 amide bonds. The maximum absolute atomic E-state index is 17.2. The van der Waals surface area contributed by atoms with Gasteiger partial charge in [0, 0.05) is 10.6 Å². The van der Waals surface area contributed by atoms with E-state index < -0.39 is 25.9 Å². The molecule has 1 aliphatic rings. The molecule has 1 heterocycles. The average molecular weight is 559 g/mol. The van der Waals surface area contributed by atoms with Gasteiger partial charge in [0.1, 0.15) is 10.6 Å². The minimum atomic E-state index is -3.86. The van der Waals surface area contributed by atoms with Crippen LogP contribution in [0.3, 0.4) is 0 Å². The highest BCUT2D eigenvalue weighted by atomic mass is 35.5. The zero-order valence-electron chi connectivity index (χ0n) is 19.6. The smallest absolute Gasteiger partial charge is 0.235 e. The van der Waals surface area contributed by atoms with Gasteiger partial charge in [-0.25, -0.2) is 22.6 Å². The molecule has 188 valence electrons. The van der Waals surface area contributed by atoms with Gasteiger partial charge in [0.2, 0.25) is 10.0 Å². The summed E-state index contributed by atoms with van der Waals surface area (Å²) in [7, 11) is -3.86. The van der Waals surface area contributed by atoms with Gasteiger partial charge in [0.15, 0.2) is 5.67 Å². The van der Waals surface area contributed by atoms with Crippen LogP contribution in [0, 0.1) is 11.8 Å². The Hall–Kier alpha value is -1.64. The Bertz CT molecular complexity index is 1330. The van der Waals surface area contributed by atoms with Crippen LogP contribution in [-0.4, -0.2) is 28.4 Å². The molecule has 0 radical (unpaired) electrons. The molecule has 4 atom stereocenters. The van der Waals surface area contributed by atoms with E-state index >= 15 is 4.39 Å². The van der Waals surface area contributed by atoms with Crippen molar-refractivity contribution in [2.45, 2.75) is 54.4 Å². The van der Waals surface area contributed by atoms with E-state index in [2.05, 4.69) is 0 Å². The minimum Gasteiger partial charge on any atom is -0.235 e. The Kier molecular flexibility index (Phi) is 7.05. The SMILES string of the molecule is CC1CC(Cl)C(Cl)(C(C)C)C(F)(c2cc(-c3ccc(Cl)cc3)n(-c3ccc(S(N)(=O)=O)cc3)n2)C1. The van der Waals surface area contributed by atoms with Crippen molar-refractivity contribution in [1.82, 2.24) is 9.78 Å². The van der Waals surface area contributed by atoms with Gasteiger partial charge in [0.05, 0.1) is 21.7 Å². The number of alkyl halides is 3. The first-order valence-corrected chi connectivity index (χ1v) is 14.0. The number of hydrogen-bond donors (Lipinski definition) is 1. The van der Waals surface area contributed by atoms with Crippen molar-refractivity contribution in [2.75, 3.05) is 0 Å². The molecule has 1 fully saturated rings. The highest BCUT2D eigenvalue weighted by Gasteiger charge is 2.62. The van der Waals surface area contributed by atoms with Crippen molar-refractivity contribution in [3.63, 3.8) is 0 Å². The number of sulfonamides is 1. The van der Waals surface area contributed by atoms with Gasteiger partial charge in [-0.2, -0.15) is 5.10 Å². The fourth-order valence-corrected chi connectivity index (χ4v) is 6.62. The highest BCUT2D eigenvalue weighted by molar-refractivity contribution is 7.89. The standard InChI is InChI=1S/C25H27Cl3FN3O2S/c1-15(2)25(28)22(27)12-16(3)14-24(25,29)23-13-21(17-4-6-18(26)7-5-17)32(31-23)19-8-10-20(11-9-19)35(30,33)34/h4-11,13,15-16,22H,12,14H2,1-3H3,(H2,30,33,34). The minimum absolute atomic E-state index is 0.00583. The van der Waals surface area contributed by atoms with Crippen molar-refractivity contribution in [1.29, 1.82) is 0 Å². The van der Waals surface area contributed by atoms with E-state index in [1.165, 1.54) is 12.1 Å². The summed E-state index contributed by atoms with van der Waals surface area (Å²) in [5.41, 5.74) is 0.0688. The monoisotopic (exact) mass is 557 g/mol. The lowest BCUT2D eigenvalue weighted by atomic mass is 9.65. The van der Waals surface area contributed by atoms with E-state index in [-0.39, 0.29) is 28.8 Å². The number of rotatable bonds is 5. The summed E-state index contributed by atoms with van der Waals surface area (Å²) in [5.74, 6) is -0.256. The molecule has 2 aromatic carbocycles. The first-order chi connectivity index (χ1) is 16.3. The van der Waals surface area contributed by atoms with Crippen LogP contribution in [0.15, 0.2) is 59.5 Å².